The molecule has 0 aliphatic rings. The highest BCUT2D eigenvalue weighted by atomic mass is 79.9. The molecule has 2 heterocycles. The molecule has 0 aliphatic carbocycles. The number of nitrogens with zero attached hydrogens (tertiary/aromatic N) is 2. The standard InChI is InChI=1S/C12H7BrClN3/c13-8-5-10-12(15-6-8)17-11(16-10)7-1-3-9(14)4-2-7/h1-6H,(H,15,16,17). The number of halogens is 2. The van der Waals surface area contributed by atoms with Crippen LogP contribution < -0.4 is 0 Å². The molecule has 2 aromatic heterocycles. The van der Waals surface area contributed by atoms with Crippen molar-refractivity contribution in [3.8, 4) is 11.4 Å². The summed E-state index contributed by atoms with van der Waals surface area (Å²) in [6.45, 7) is 0. The number of nitrogens with one attached hydrogen (secondary N) is 1. The van der Waals surface area contributed by atoms with Crippen molar-refractivity contribution in [1.82, 2.24) is 15.0 Å². The van der Waals surface area contributed by atoms with Gasteiger partial charge >= 0.3 is 0 Å². The second-order valence-corrected chi connectivity index (χ2v) is 4.97. The van der Waals surface area contributed by atoms with E-state index in [2.05, 4.69) is 30.9 Å². The van der Waals surface area contributed by atoms with Gasteiger partial charge in [-0.25, -0.2) is 9.97 Å². The first kappa shape index (κ1) is 10.7. The molecule has 84 valence electrons. The maximum absolute atomic E-state index is 5.85. The number of hydrogen-bond donors (Lipinski definition) is 1. The van der Waals surface area contributed by atoms with Crippen molar-refractivity contribution in [2.45, 2.75) is 0 Å². The predicted octanol–water partition coefficient (Wildman–Crippen LogP) is 4.04. The van der Waals surface area contributed by atoms with Crippen LogP contribution in [-0.2, 0) is 0 Å². The Morgan fingerprint density at radius 2 is 1.94 bits per heavy atom. The second-order valence-electron chi connectivity index (χ2n) is 3.62. The van der Waals surface area contributed by atoms with Gasteiger partial charge in [-0.1, -0.05) is 11.6 Å². The van der Waals surface area contributed by atoms with E-state index < -0.39 is 0 Å². The maximum atomic E-state index is 5.85. The highest BCUT2D eigenvalue weighted by Gasteiger charge is 2.06. The van der Waals surface area contributed by atoms with E-state index in [-0.39, 0.29) is 0 Å². The third kappa shape index (κ3) is 2.06. The molecular weight excluding hydrogens is 302 g/mol. The summed E-state index contributed by atoms with van der Waals surface area (Å²) < 4.78 is 0.927. The fourth-order valence-electron chi connectivity index (χ4n) is 1.62. The Morgan fingerprint density at radius 1 is 1.18 bits per heavy atom. The SMILES string of the molecule is Clc1ccc(-c2nc3ncc(Br)cc3[nH]2)cc1. The van der Waals surface area contributed by atoms with E-state index in [0.29, 0.717) is 10.7 Å². The summed E-state index contributed by atoms with van der Waals surface area (Å²) in [6, 6.07) is 9.49. The second kappa shape index (κ2) is 4.13. The van der Waals surface area contributed by atoms with Gasteiger partial charge in [0.05, 0.1) is 5.52 Å². The molecule has 0 amide bonds. The van der Waals surface area contributed by atoms with Gasteiger partial charge in [0.25, 0.3) is 0 Å². The van der Waals surface area contributed by atoms with E-state index in [4.69, 9.17) is 11.6 Å². The molecule has 0 saturated heterocycles. The van der Waals surface area contributed by atoms with Crippen molar-refractivity contribution in [2.24, 2.45) is 0 Å². The van der Waals surface area contributed by atoms with Crippen LogP contribution in [0.15, 0.2) is 41.0 Å². The van der Waals surface area contributed by atoms with Crippen LogP contribution >= 0.6 is 27.5 Å². The third-order valence-electron chi connectivity index (χ3n) is 2.42. The normalized spacial score (nSPS) is 10.9. The number of pyridine rings is 1. The zero-order chi connectivity index (χ0) is 11.8. The van der Waals surface area contributed by atoms with Crippen LogP contribution in [0.5, 0.6) is 0 Å². The summed E-state index contributed by atoms with van der Waals surface area (Å²) >= 11 is 9.23. The zero-order valence-corrected chi connectivity index (χ0v) is 11.0. The molecule has 3 nitrogen and oxygen atoms in total. The Bertz CT molecular complexity index is 676. The Morgan fingerprint density at radius 3 is 2.71 bits per heavy atom. The van der Waals surface area contributed by atoms with Gasteiger partial charge in [0.15, 0.2) is 5.65 Å². The number of fused-ring (bicyclic) bond motifs is 1. The van der Waals surface area contributed by atoms with Crippen LogP contribution in [0.3, 0.4) is 0 Å². The molecule has 0 aliphatic heterocycles. The average Bonchev–Trinajstić information content (AvgIpc) is 2.72. The Hall–Kier alpha value is -1.39. The van der Waals surface area contributed by atoms with Gasteiger partial charge in [-0.15, -0.1) is 0 Å². The van der Waals surface area contributed by atoms with Crippen LogP contribution in [0.1, 0.15) is 0 Å². The monoisotopic (exact) mass is 307 g/mol. The highest BCUT2D eigenvalue weighted by molar-refractivity contribution is 9.10. The van der Waals surface area contributed by atoms with Crippen molar-refractivity contribution < 1.29 is 0 Å². The molecule has 1 aromatic carbocycles. The van der Waals surface area contributed by atoms with Crippen molar-refractivity contribution in [2.75, 3.05) is 0 Å². The lowest BCUT2D eigenvalue weighted by Crippen LogP contribution is -1.79. The molecule has 0 unspecified atom stereocenters. The van der Waals surface area contributed by atoms with E-state index in [9.17, 15) is 0 Å². The lowest BCUT2D eigenvalue weighted by Gasteiger charge is -1.95. The van der Waals surface area contributed by atoms with Gasteiger partial charge in [-0.05, 0) is 46.3 Å². The molecule has 0 fully saturated rings. The molecule has 17 heavy (non-hydrogen) atoms. The zero-order valence-electron chi connectivity index (χ0n) is 8.61. The smallest absolute Gasteiger partial charge is 0.178 e. The lowest BCUT2D eigenvalue weighted by atomic mass is 10.2. The fraction of sp³-hybridized carbons (Fsp3) is 0. The summed E-state index contributed by atoms with van der Waals surface area (Å²) in [6.07, 6.45) is 1.73. The first-order valence-electron chi connectivity index (χ1n) is 4.99. The van der Waals surface area contributed by atoms with Crippen molar-refractivity contribution in [1.29, 1.82) is 0 Å². The van der Waals surface area contributed by atoms with Crippen LogP contribution in [0.25, 0.3) is 22.6 Å². The number of H-pyrrole nitrogens is 1. The Labute approximate surface area is 111 Å². The Balaban J connectivity index is 2.14. The van der Waals surface area contributed by atoms with E-state index in [1.54, 1.807) is 6.20 Å². The first-order valence-corrected chi connectivity index (χ1v) is 6.17. The summed E-state index contributed by atoms with van der Waals surface area (Å²) in [5, 5.41) is 0.714. The number of hydrogen-bond acceptors (Lipinski definition) is 2. The minimum absolute atomic E-state index is 0.707. The third-order valence-corrected chi connectivity index (χ3v) is 3.11. The van der Waals surface area contributed by atoms with Gasteiger partial charge in [0.2, 0.25) is 0 Å². The van der Waals surface area contributed by atoms with Crippen LogP contribution in [0, 0.1) is 0 Å². The molecule has 0 atom stereocenters. The van der Waals surface area contributed by atoms with Crippen LogP contribution in [0.4, 0.5) is 0 Å². The minimum atomic E-state index is 0.707. The number of rotatable bonds is 1. The van der Waals surface area contributed by atoms with E-state index in [0.717, 1.165) is 21.4 Å². The molecule has 0 saturated carbocycles. The van der Waals surface area contributed by atoms with E-state index in [1.807, 2.05) is 30.3 Å². The van der Waals surface area contributed by atoms with E-state index in [1.165, 1.54) is 0 Å². The van der Waals surface area contributed by atoms with Crippen LogP contribution in [-0.4, -0.2) is 15.0 Å². The molecular formula is C12H7BrClN3. The van der Waals surface area contributed by atoms with E-state index >= 15 is 0 Å². The van der Waals surface area contributed by atoms with Gasteiger partial charge < -0.3 is 4.98 Å². The summed E-state index contributed by atoms with van der Waals surface area (Å²) in [5.41, 5.74) is 2.60. The number of benzene rings is 1. The van der Waals surface area contributed by atoms with Crippen molar-refractivity contribution in [3.63, 3.8) is 0 Å². The lowest BCUT2D eigenvalue weighted by molar-refractivity contribution is 1.30. The minimum Gasteiger partial charge on any atom is -0.337 e. The summed E-state index contributed by atoms with van der Waals surface area (Å²) in [4.78, 5) is 11.9. The summed E-state index contributed by atoms with van der Waals surface area (Å²) in [7, 11) is 0. The van der Waals surface area contributed by atoms with Crippen molar-refractivity contribution >= 4 is 38.7 Å². The average molecular weight is 309 g/mol. The molecule has 3 aromatic rings. The predicted molar refractivity (Wildman–Crippen MR) is 72.0 cm³/mol. The fourth-order valence-corrected chi connectivity index (χ4v) is 2.08. The van der Waals surface area contributed by atoms with Gasteiger partial charge in [0, 0.05) is 21.3 Å². The molecule has 0 spiro atoms. The highest BCUT2D eigenvalue weighted by Crippen LogP contribution is 2.22. The quantitative estimate of drug-likeness (QED) is 0.737. The number of aromatic amines is 1. The number of imidazole rings is 1. The van der Waals surface area contributed by atoms with Crippen molar-refractivity contribution in [3.05, 3.63) is 46.0 Å². The van der Waals surface area contributed by atoms with Gasteiger partial charge in [-0.3, -0.25) is 0 Å². The molecule has 0 bridgehead atoms. The van der Waals surface area contributed by atoms with Gasteiger partial charge in [-0.2, -0.15) is 0 Å². The Kier molecular flexibility index (Phi) is 2.61. The molecule has 0 radical (unpaired) electrons. The van der Waals surface area contributed by atoms with Gasteiger partial charge in [0.1, 0.15) is 5.82 Å². The molecule has 3 rings (SSSR count). The molecule has 1 N–H and O–H groups in total. The number of aromatic nitrogens is 3. The summed E-state index contributed by atoms with van der Waals surface area (Å²) in [5.74, 6) is 0.794. The molecule has 5 heteroatoms. The topological polar surface area (TPSA) is 41.6 Å². The maximum Gasteiger partial charge on any atom is 0.178 e. The van der Waals surface area contributed by atoms with Crippen LogP contribution in [0.2, 0.25) is 5.02 Å². The largest absolute Gasteiger partial charge is 0.337 e. The first-order chi connectivity index (χ1) is 8.22.